The molecule has 0 aromatic heterocycles. The van der Waals surface area contributed by atoms with Gasteiger partial charge in [-0.2, -0.15) is 13.7 Å². The van der Waals surface area contributed by atoms with Gasteiger partial charge in [0.05, 0.1) is 27.9 Å². The van der Waals surface area contributed by atoms with Crippen LogP contribution in [0.5, 0.6) is 0 Å². The minimum Gasteiger partial charge on any atom is -0.466 e. The van der Waals surface area contributed by atoms with Gasteiger partial charge >= 0.3 is 28.0 Å². The normalized spacial score (nSPS) is 11.0. The number of rotatable bonds is 27. The van der Waals surface area contributed by atoms with Crippen LogP contribution in [-0.4, -0.2) is 177 Å². The molecule has 0 fully saturated rings. The van der Waals surface area contributed by atoms with Gasteiger partial charge in [0.15, 0.2) is 93.0 Å². The van der Waals surface area contributed by atoms with Gasteiger partial charge in [0.1, 0.15) is 25.7 Å². The highest BCUT2D eigenvalue weighted by molar-refractivity contribution is 8.13. The Kier molecular flexibility index (Phi) is 57.0. The molecule has 0 atom stereocenters. The lowest BCUT2D eigenvalue weighted by Gasteiger charge is -2.01. The second-order valence-corrected chi connectivity index (χ2v) is 36.7. The van der Waals surface area contributed by atoms with Crippen molar-refractivity contribution in [2.24, 2.45) is 0 Å². The van der Waals surface area contributed by atoms with Gasteiger partial charge in [-0.3, -0.25) is 8.98 Å². The highest BCUT2D eigenvalue weighted by Gasteiger charge is 2.24. The quantitative estimate of drug-likeness (QED) is 0.0159. The van der Waals surface area contributed by atoms with E-state index in [0.717, 1.165) is 103 Å². The van der Waals surface area contributed by atoms with Crippen molar-refractivity contribution in [3.8, 4) is 6.07 Å². The lowest BCUT2D eigenvalue weighted by molar-refractivity contribution is -0.138. The van der Waals surface area contributed by atoms with E-state index in [1.54, 1.807) is 6.92 Å². The molecule has 0 heterocycles. The van der Waals surface area contributed by atoms with Crippen LogP contribution in [0.3, 0.4) is 0 Å². The number of allylic oxidation sites excluding steroid dienone is 4. The van der Waals surface area contributed by atoms with Gasteiger partial charge in [-0.25, -0.2) is 81.7 Å². The first kappa shape index (κ1) is 103. The van der Waals surface area contributed by atoms with E-state index in [1.807, 2.05) is 0 Å². The topological polar surface area (TPSA) is 436 Å². The van der Waals surface area contributed by atoms with E-state index in [2.05, 4.69) is 105 Å². The molecule has 0 aromatic carbocycles. The average Bonchev–Trinajstić information content (AvgIpc) is 3.38. The number of ketones is 1. The number of ether oxygens (including phenoxy) is 3. The third-order valence-corrected chi connectivity index (χ3v) is 21.7. The van der Waals surface area contributed by atoms with Gasteiger partial charge < -0.3 is 14.2 Å². The number of esters is 3. The van der Waals surface area contributed by atoms with Gasteiger partial charge in [0.25, 0.3) is 0 Å². The minimum atomic E-state index is -4.14. The summed E-state index contributed by atoms with van der Waals surface area (Å²) in [4.78, 5) is 40.9. The Balaban J connectivity index is -0.000000116. The number of hydrogen-bond acceptors (Lipinski definition) is 27. The number of hydrogen-bond donors (Lipinski definition) is 0. The van der Waals surface area contributed by atoms with E-state index < -0.39 is 130 Å². The van der Waals surface area contributed by atoms with Crippen molar-refractivity contribution in [2.75, 3.05) is 78.0 Å². The SMILES string of the molecule is C=C(C#N)S(C)(=O)=O.C=C(C(=O)OC)S(C)(=O)=O.C=C(C(=O)OCC)S(C)(=O)=O.C=C(C(C)=O)S(C)(=O)=O.C=C(C)CCCCC.C=C(CCCCC)C(=O)OC.C=C(CCCCC)S(C)(=O)=O.C=C(S(C)(=O)=O)S(=O)(=O)OC.C=C(S(C)(=O)=O)S(C)(=O)=O. The third kappa shape index (κ3) is 64.1. The Morgan fingerprint density at radius 1 is 0.393 bits per heavy atom. The lowest BCUT2D eigenvalue weighted by Crippen LogP contribution is -2.13. The Labute approximate surface area is 533 Å². The summed E-state index contributed by atoms with van der Waals surface area (Å²) >= 11 is 0. The molecule has 0 N–H and O–H groups in total. The molecule has 36 heteroatoms. The Morgan fingerprint density at radius 3 is 0.876 bits per heavy atom. The van der Waals surface area contributed by atoms with Gasteiger partial charge in [0, 0.05) is 60.5 Å². The molecule has 0 rings (SSSR count). The zero-order valence-corrected chi connectivity index (χ0v) is 61.6. The van der Waals surface area contributed by atoms with Crippen LogP contribution in [0.1, 0.15) is 119 Å². The zero-order chi connectivity index (χ0) is 73.7. The van der Waals surface area contributed by atoms with E-state index in [0.29, 0.717) is 16.9 Å². The first-order valence-corrected chi connectivity index (χ1v) is 41.8. The second kappa shape index (κ2) is 49.4. The number of carbonyl (C=O) groups is 4. The molecular formula is C53H95NO26S9. The number of carbonyl (C=O) groups excluding carboxylic acids is 4. The second-order valence-electron chi connectivity index (χ2n) is 18.1. The van der Waals surface area contributed by atoms with Crippen LogP contribution in [0.15, 0.2) is 103 Å². The van der Waals surface area contributed by atoms with E-state index in [-0.39, 0.29) is 17.5 Å². The van der Waals surface area contributed by atoms with E-state index in [4.69, 9.17) is 5.26 Å². The molecule has 522 valence electrons. The summed E-state index contributed by atoms with van der Waals surface area (Å²) < 4.78 is 205. The standard InChI is InChI=1S/C9H16O2.C8H16O2S.C8H16.C6H10O4S.C5H8O4S.C5H8O3S.C4H5NO2S.C4H8O5S2.C4H8O4S2/c1-4-5-6-7-8(2)9(10)11-3;1-4-5-6-7-8(2)11(3,9)10;1-4-5-6-7-8(2)3;1-4-10-6(7)5(2)11(3,8)9;1-4(5(6)9-2)10(3,7)8;1-4(6)5(2)9(3,7)8;1-4(3-5)8(2,6)7;1-4(10(3,5)6)11(7,8)9-2;1-4(9(2,5)6)10(3,7)8/h2*2,4-7H2,1,3H3;2,4-7H2,1,3H3;2,4H2,1,3H3;1H2,2-3H3;2H2,1,3H3;1H2,2H3;1H2,2-3H3;1H2,2-3H3. The van der Waals surface area contributed by atoms with Gasteiger partial charge in [-0.05, 0) is 59.3 Å². The summed E-state index contributed by atoms with van der Waals surface area (Å²) in [6.07, 6.45) is 20.3. The first-order chi connectivity index (χ1) is 39.5. The van der Waals surface area contributed by atoms with Gasteiger partial charge in [-0.1, -0.05) is 118 Å². The van der Waals surface area contributed by atoms with E-state index in [9.17, 15) is 94.9 Å². The van der Waals surface area contributed by atoms with Crippen molar-refractivity contribution in [1.29, 1.82) is 5.26 Å². The van der Waals surface area contributed by atoms with E-state index >= 15 is 0 Å². The smallest absolute Gasteiger partial charge is 0.349 e. The molecular weight excluding hydrogens is 1360 g/mol. The number of nitrogens with zero attached hydrogens (tertiary/aromatic N) is 1. The predicted molar refractivity (Wildman–Crippen MR) is 352 cm³/mol. The molecule has 0 saturated heterocycles. The highest BCUT2D eigenvalue weighted by atomic mass is 32.3. The highest BCUT2D eigenvalue weighted by Crippen LogP contribution is 2.13. The summed E-state index contributed by atoms with van der Waals surface area (Å²) in [6, 6.07) is 1.42. The van der Waals surface area contributed by atoms with Crippen LogP contribution in [0.2, 0.25) is 0 Å². The lowest BCUT2D eigenvalue weighted by atomic mass is 10.1. The van der Waals surface area contributed by atoms with Crippen LogP contribution in [0.25, 0.3) is 0 Å². The molecule has 0 aliphatic rings. The summed E-state index contributed by atoms with van der Waals surface area (Å²) in [5.74, 6) is -2.57. The van der Waals surface area contributed by atoms with Crippen molar-refractivity contribution in [2.45, 2.75) is 119 Å². The molecule has 0 aromatic rings. The maximum Gasteiger partial charge on any atom is 0.349 e. The fourth-order valence-electron chi connectivity index (χ4n) is 3.79. The van der Waals surface area contributed by atoms with Crippen LogP contribution in [-0.2, 0) is 126 Å². The Bertz CT molecular complexity index is 3510. The van der Waals surface area contributed by atoms with E-state index in [1.165, 1.54) is 57.6 Å². The number of nitriles is 1. The van der Waals surface area contributed by atoms with Crippen molar-refractivity contribution in [3.05, 3.63) is 103 Å². The fourth-order valence-corrected chi connectivity index (χ4v) is 9.82. The zero-order valence-electron chi connectivity index (χ0n) is 54.3. The number of sulfone groups is 8. The van der Waals surface area contributed by atoms with Crippen molar-refractivity contribution in [1.82, 2.24) is 0 Å². The maximum absolute atomic E-state index is 10.8. The van der Waals surface area contributed by atoms with Crippen molar-refractivity contribution >= 4 is 113 Å². The average molecular weight is 1450 g/mol. The number of Topliss-reactive ketones (excluding diaryl/α,β-unsaturated/α-hetero) is 1. The maximum atomic E-state index is 10.8. The number of unbranched alkanes of at least 4 members (excludes halogenated alkanes) is 6. The monoisotopic (exact) mass is 1450 g/mol. The molecule has 89 heavy (non-hydrogen) atoms. The molecule has 0 aliphatic carbocycles. The number of methoxy groups -OCH3 is 2. The van der Waals surface area contributed by atoms with Crippen LogP contribution in [0.4, 0.5) is 0 Å². The van der Waals surface area contributed by atoms with Crippen molar-refractivity contribution < 1.29 is 113 Å². The fraction of sp³-hybridized carbons (Fsp3) is 0.566. The molecule has 0 spiro atoms. The van der Waals surface area contributed by atoms with Crippen LogP contribution in [0, 0.1) is 11.3 Å². The molecule has 0 radical (unpaired) electrons. The Hall–Kier alpha value is -5.26. The molecule has 0 bridgehead atoms. The Morgan fingerprint density at radius 2 is 0.708 bits per heavy atom. The van der Waals surface area contributed by atoms with Crippen LogP contribution < -0.4 is 0 Å². The summed E-state index contributed by atoms with van der Waals surface area (Å²) in [5, 5.41) is 7.94. The molecule has 0 aliphatic heterocycles. The van der Waals surface area contributed by atoms with Crippen LogP contribution >= 0.6 is 0 Å². The first-order valence-electron chi connectivity index (χ1n) is 25.3. The largest absolute Gasteiger partial charge is 0.466 e. The predicted octanol–water partition coefficient (Wildman–Crippen LogP) is 6.62. The summed E-state index contributed by atoms with van der Waals surface area (Å²) in [6.45, 7) is 40.4. The summed E-state index contributed by atoms with van der Waals surface area (Å²) in [7, 11) is -28.5. The molecule has 27 nitrogen and oxygen atoms in total. The third-order valence-electron chi connectivity index (χ3n) is 9.31. The van der Waals surface area contributed by atoms with Crippen molar-refractivity contribution in [3.63, 3.8) is 0 Å². The minimum absolute atomic E-state index is 0.146. The summed E-state index contributed by atoms with van der Waals surface area (Å²) in [5.41, 5.74) is 1.90. The van der Waals surface area contributed by atoms with Gasteiger partial charge in [-0.15, -0.1) is 6.58 Å². The molecule has 0 unspecified atom stereocenters. The molecule has 0 amide bonds. The molecule has 0 saturated carbocycles. The van der Waals surface area contributed by atoms with Gasteiger partial charge in [0.2, 0.25) is 0 Å².